The third-order valence-electron chi connectivity index (χ3n) is 1.42. The molecule has 0 saturated carbocycles. The van der Waals surface area contributed by atoms with E-state index in [2.05, 4.69) is 20.6 Å². The van der Waals surface area contributed by atoms with Crippen LogP contribution in [-0.2, 0) is 11.4 Å². The number of hydrogen-bond acceptors (Lipinski definition) is 4. The minimum absolute atomic E-state index is 0.260. The van der Waals surface area contributed by atoms with Gasteiger partial charge in [0.25, 0.3) is 5.91 Å². The molecular formula is C7H12N4O2. The number of aryl methyl sites for hydroxylation is 1. The normalized spacial score (nSPS) is 10.0. The van der Waals surface area contributed by atoms with Gasteiger partial charge in [0, 0.05) is 6.54 Å². The molecule has 72 valence electrons. The summed E-state index contributed by atoms with van der Waals surface area (Å²) < 4.78 is 1.62. The quantitative estimate of drug-likeness (QED) is 0.667. The van der Waals surface area contributed by atoms with Crippen molar-refractivity contribution in [2.45, 2.75) is 19.9 Å². The molecule has 0 aliphatic rings. The van der Waals surface area contributed by atoms with Gasteiger partial charge in [-0.25, -0.2) is 5.48 Å². The molecule has 0 aromatic carbocycles. The molecule has 0 fully saturated rings. The number of amides is 1. The Hall–Kier alpha value is -1.43. The first-order valence-corrected chi connectivity index (χ1v) is 4.01. The molecule has 0 aliphatic heterocycles. The molecule has 0 aliphatic carbocycles. The van der Waals surface area contributed by atoms with E-state index in [-0.39, 0.29) is 11.6 Å². The smallest absolute Gasteiger partial charge is 0.277 e. The van der Waals surface area contributed by atoms with E-state index in [1.165, 1.54) is 7.11 Å². The van der Waals surface area contributed by atoms with Crippen LogP contribution in [0.3, 0.4) is 0 Å². The van der Waals surface area contributed by atoms with Crippen LogP contribution >= 0.6 is 0 Å². The second-order valence-electron chi connectivity index (χ2n) is 2.50. The van der Waals surface area contributed by atoms with Gasteiger partial charge in [-0.2, -0.15) is 0 Å². The van der Waals surface area contributed by atoms with Gasteiger partial charge in [-0.05, 0) is 6.42 Å². The molecule has 1 rings (SSSR count). The maximum absolute atomic E-state index is 11.1. The van der Waals surface area contributed by atoms with Gasteiger partial charge in [0.05, 0.1) is 13.3 Å². The Labute approximate surface area is 75.8 Å². The first kappa shape index (κ1) is 9.66. The van der Waals surface area contributed by atoms with Crippen LogP contribution < -0.4 is 5.48 Å². The zero-order valence-electron chi connectivity index (χ0n) is 7.65. The number of nitrogens with zero attached hydrogens (tertiary/aromatic N) is 3. The van der Waals surface area contributed by atoms with Gasteiger partial charge in [-0.15, -0.1) is 5.10 Å². The van der Waals surface area contributed by atoms with Crippen molar-refractivity contribution < 1.29 is 9.63 Å². The van der Waals surface area contributed by atoms with Gasteiger partial charge < -0.3 is 0 Å². The molecule has 0 radical (unpaired) electrons. The average Bonchev–Trinajstić information content (AvgIpc) is 2.54. The molecule has 0 saturated heterocycles. The van der Waals surface area contributed by atoms with Gasteiger partial charge in [0.1, 0.15) is 0 Å². The van der Waals surface area contributed by atoms with Crippen molar-refractivity contribution in [1.82, 2.24) is 20.5 Å². The Bertz CT molecular complexity index is 284. The molecular weight excluding hydrogens is 172 g/mol. The lowest BCUT2D eigenvalue weighted by atomic mass is 10.4. The Morgan fingerprint density at radius 2 is 2.54 bits per heavy atom. The van der Waals surface area contributed by atoms with E-state index >= 15 is 0 Å². The van der Waals surface area contributed by atoms with E-state index in [1.807, 2.05) is 6.92 Å². The van der Waals surface area contributed by atoms with Crippen LogP contribution in [0.15, 0.2) is 6.20 Å². The lowest BCUT2D eigenvalue weighted by Gasteiger charge is -1.95. The summed E-state index contributed by atoms with van der Waals surface area (Å²) in [6.07, 6.45) is 2.53. The van der Waals surface area contributed by atoms with Gasteiger partial charge >= 0.3 is 0 Å². The highest BCUT2D eigenvalue weighted by Gasteiger charge is 2.09. The molecule has 6 nitrogen and oxygen atoms in total. The molecule has 0 spiro atoms. The molecule has 1 amide bonds. The topological polar surface area (TPSA) is 69.0 Å². The van der Waals surface area contributed by atoms with E-state index in [4.69, 9.17) is 0 Å². The minimum Gasteiger partial charge on any atom is -0.277 e. The number of hydroxylamine groups is 1. The molecule has 1 aromatic rings. The van der Waals surface area contributed by atoms with Crippen LogP contribution in [0.25, 0.3) is 0 Å². The number of aromatic nitrogens is 3. The van der Waals surface area contributed by atoms with Crippen molar-refractivity contribution in [1.29, 1.82) is 0 Å². The lowest BCUT2D eigenvalue weighted by molar-refractivity contribution is 0.0532. The van der Waals surface area contributed by atoms with Crippen LogP contribution in [0, 0.1) is 0 Å². The lowest BCUT2D eigenvalue weighted by Crippen LogP contribution is -2.22. The van der Waals surface area contributed by atoms with E-state index in [0.29, 0.717) is 0 Å². The highest BCUT2D eigenvalue weighted by molar-refractivity contribution is 5.90. The molecule has 0 bridgehead atoms. The van der Waals surface area contributed by atoms with Gasteiger partial charge in [0.2, 0.25) is 0 Å². The van der Waals surface area contributed by atoms with Gasteiger partial charge in [0.15, 0.2) is 5.69 Å². The monoisotopic (exact) mass is 184 g/mol. The zero-order chi connectivity index (χ0) is 9.68. The van der Waals surface area contributed by atoms with E-state index in [0.717, 1.165) is 13.0 Å². The minimum atomic E-state index is -0.384. The van der Waals surface area contributed by atoms with Crippen LogP contribution in [0.1, 0.15) is 23.8 Å². The van der Waals surface area contributed by atoms with Crippen molar-refractivity contribution in [3.8, 4) is 0 Å². The van der Waals surface area contributed by atoms with Crippen molar-refractivity contribution in [2.75, 3.05) is 7.11 Å². The molecule has 0 atom stereocenters. The Kier molecular flexibility index (Phi) is 3.39. The zero-order valence-corrected chi connectivity index (χ0v) is 7.65. The largest absolute Gasteiger partial charge is 0.296 e. The molecule has 13 heavy (non-hydrogen) atoms. The predicted octanol–water partition coefficient (Wildman–Crippen LogP) is -0.0207. The summed E-state index contributed by atoms with van der Waals surface area (Å²) in [6, 6.07) is 0. The van der Waals surface area contributed by atoms with Gasteiger partial charge in [-0.3, -0.25) is 14.3 Å². The number of hydrogen-bond donors (Lipinski definition) is 1. The van der Waals surface area contributed by atoms with Crippen LogP contribution in [-0.4, -0.2) is 28.0 Å². The van der Waals surface area contributed by atoms with Crippen molar-refractivity contribution >= 4 is 5.91 Å². The number of carbonyl (C=O) groups is 1. The number of carbonyl (C=O) groups excluding carboxylic acids is 1. The fraction of sp³-hybridized carbons (Fsp3) is 0.571. The summed E-state index contributed by atoms with van der Waals surface area (Å²) in [4.78, 5) is 15.6. The Morgan fingerprint density at radius 3 is 3.15 bits per heavy atom. The predicted molar refractivity (Wildman–Crippen MR) is 44.8 cm³/mol. The third-order valence-corrected chi connectivity index (χ3v) is 1.42. The highest BCUT2D eigenvalue weighted by atomic mass is 16.6. The maximum atomic E-state index is 11.1. The fourth-order valence-corrected chi connectivity index (χ4v) is 0.886. The fourth-order valence-electron chi connectivity index (χ4n) is 0.886. The maximum Gasteiger partial charge on any atom is 0.296 e. The van der Waals surface area contributed by atoms with Gasteiger partial charge in [-0.1, -0.05) is 12.1 Å². The summed E-state index contributed by atoms with van der Waals surface area (Å²) >= 11 is 0. The van der Waals surface area contributed by atoms with Crippen LogP contribution in [0.4, 0.5) is 0 Å². The molecule has 6 heteroatoms. The second kappa shape index (κ2) is 4.56. The second-order valence-corrected chi connectivity index (χ2v) is 2.50. The Balaban J connectivity index is 2.62. The first-order chi connectivity index (χ1) is 6.27. The van der Waals surface area contributed by atoms with E-state index in [9.17, 15) is 4.79 Å². The first-order valence-electron chi connectivity index (χ1n) is 4.01. The number of nitrogens with one attached hydrogen (secondary N) is 1. The van der Waals surface area contributed by atoms with E-state index < -0.39 is 0 Å². The van der Waals surface area contributed by atoms with Crippen LogP contribution in [0.5, 0.6) is 0 Å². The molecule has 1 aromatic heterocycles. The summed E-state index contributed by atoms with van der Waals surface area (Å²) in [5.41, 5.74) is 2.42. The summed E-state index contributed by atoms with van der Waals surface area (Å²) in [5, 5.41) is 7.43. The van der Waals surface area contributed by atoms with Crippen molar-refractivity contribution in [3.05, 3.63) is 11.9 Å². The van der Waals surface area contributed by atoms with Crippen LogP contribution in [0.2, 0.25) is 0 Å². The number of rotatable bonds is 4. The SMILES string of the molecule is CCCn1cc(C(=O)NOC)nn1. The molecule has 1 N–H and O–H groups in total. The third kappa shape index (κ3) is 2.51. The molecule has 0 unspecified atom stereocenters. The highest BCUT2D eigenvalue weighted by Crippen LogP contribution is 1.93. The average molecular weight is 184 g/mol. The van der Waals surface area contributed by atoms with Crippen molar-refractivity contribution in [3.63, 3.8) is 0 Å². The summed E-state index contributed by atoms with van der Waals surface area (Å²) in [7, 11) is 1.37. The van der Waals surface area contributed by atoms with E-state index in [1.54, 1.807) is 10.9 Å². The van der Waals surface area contributed by atoms with Crippen molar-refractivity contribution in [2.24, 2.45) is 0 Å². The summed E-state index contributed by atoms with van der Waals surface area (Å²) in [5.74, 6) is -0.384. The summed E-state index contributed by atoms with van der Waals surface area (Å²) in [6.45, 7) is 2.78. The molecule has 1 heterocycles. The Morgan fingerprint density at radius 1 is 1.77 bits per heavy atom. The standard InChI is InChI=1S/C7H12N4O2/c1-3-4-11-5-6(8-10-11)7(12)9-13-2/h5H,3-4H2,1-2H3,(H,9,12).